The summed E-state index contributed by atoms with van der Waals surface area (Å²) in [5.74, 6) is 1.55. The van der Waals surface area contributed by atoms with Crippen LogP contribution in [0.5, 0.6) is 11.5 Å². The zero-order valence-electron chi connectivity index (χ0n) is 13.7. The summed E-state index contributed by atoms with van der Waals surface area (Å²) in [5.41, 5.74) is 0.953. The SMILES string of the molecule is C[C@@H]1CCCCN1C(=O)COc1cccc2c1OC(C)(C)C2. The molecule has 4 nitrogen and oxygen atoms in total. The van der Waals surface area contributed by atoms with Crippen molar-refractivity contribution in [1.82, 2.24) is 4.90 Å². The first-order valence-corrected chi connectivity index (χ1v) is 8.19. The Hall–Kier alpha value is -1.71. The summed E-state index contributed by atoms with van der Waals surface area (Å²) in [7, 11) is 0. The van der Waals surface area contributed by atoms with Crippen LogP contribution < -0.4 is 9.47 Å². The number of likely N-dealkylation sites (tertiary alicyclic amines) is 1. The predicted octanol–water partition coefficient (Wildman–Crippen LogP) is 3.18. The quantitative estimate of drug-likeness (QED) is 0.861. The van der Waals surface area contributed by atoms with Crippen LogP contribution in [0.3, 0.4) is 0 Å². The number of fused-ring (bicyclic) bond motifs is 1. The highest BCUT2D eigenvalue weighted by atomic mass is 16.5. The average molecular weight is 303 g/mol. The number of carbonyl (C=O) groups is 1. The van der Waals surface area contributed by atoms with Crippen molar-refractivity contribution in [3.63, 3.8) is 0 Å². The predicted molar refractivity (Wildman–Crippen MR) is 85.4 cm³/mol. The fourth-order valence-corrected chi connectivity index (χ4v) is 3.39. The molecule has 22 heavy (non-hydrogen) atoms. The first kappa shape index (κ1) is 15.2. The number of carbonyl (C=O) groups excluding carboxylic acids is 1. The molecule has 0 aromatic heterocycles. The molecule has 1 atom stereocenters. The lowest BCUT2D eigenvalue weighted by atomic mass is 10.0. The molecule has 0 spiro atoms. The zero-order chi connectivity index (χ0) is 15.7. The molecule has 0 saturated carbocycles. The van der Waals surface area contributed by atoms with E-state index >= 15 is 0 Å². The summed E-state index contributed by atoms with van der Waals surface area (Å²) in [6.45, 7) is 7.18. The maximum Gasteiger partial charge on any atom is 0.260 e. The molecular formula is C18H25NO3. The van der Waals surface area contributed by atoms with E-state index in [0.717, 1.165) is 37.1 Å². The molecular weight excluding hydrogens is 278 g/mol. The normalized spacial score (nSPS) is 22.9. The minimum Gasteiger partial charge on any atom is -0.483 e. The smallest absolute Gasteiger partial charge is 0.260 e. The Morgan fingerprint density at radius 1 is 1.41 bits per heavy atom. The average Bonchev–Trinajstić information content (AvgIpc) is 2.79. The topological polar surface area (TPSA) is 38.8 Å². The Labute approximate surface area is 132 Å². The van der Waals surface area contributed by atoms with Gasteiger partial charge in [0.05, 0.1) is 0 Å². The highest BCUT2D eigenvalue weighted by Crippen LogP contribution is 2.41. The van der Waals surface area contributed by atoms with E-state index in [9.17, 15) is 4.79 Å². The van der Waals surface area contributed by atoms with E-state index in [4.69, 9.17) is 9.47 Å². The number of nitrogens with zero attached hydrogens (tertiary/aromatic N) is 1. The maximum atomic E-state index is 12.4. The molecule has 1 fully saturated rings. The first-order valence-electron chi connectivity index (χ1n) is 8.19. The fourth-order valence-electron chi connectivity index (χ4n) is 3.39. The minimum atomic E-state index is -0.201. The summed E-state index contributed by atoms with van der Waals surface area (Å²) in [5, 5.41) is 0. The van der Waals surface area contributed by atoms with Crippen LogP contribution in [-0.2, 0) is 11.2 Å². The van der Waals surface area contributed by atoms with Crippen molar-refractivity contribution in [2.24, 2.45) is 0 Å². The van der Waals surface area contributed by atoms with Crippen molar-refractivity contribution in [1.29, 1.82) is 0 Å². The number of benzene rings is 1. The molecule has 1 amide bonds. The lowest BCUT2D eigenvalue weighted by Crippen LogP contribution is -2.44. The van der Waals surface area contributed by atoms with Gasteiger partial charge < -0.3 is 14.4 Å². The summed E-state index contributed by atoms with van der Waals surface area (Å²) >= 11 is 0. The molecule has 0 radical (unpaired) electrons. The van der Waals surface area contributed by atoms with E-state index in [1.54, 1.807) is 0 Å². The summed E-state index contributed by atoms with van der Waals surface area (Å²) in [6.07, 6.45) is 4.26. The van der Waals surface area contributed by atoms with Crippen molar-refractivity contribution in [3.8, 4) is 11.5 Å². The summed E-state index contributed by atoms with van der Waals surface area (Å²) < 4.78 is 11.8. The van der Waals surface area contributed by atoms with Gasteiger partial charge in [0.25, 0.3) is 5.91 Å². The molecule has 4 heteroatoms. The molecule has 0 aliphatic carbocycles. The number of hydrogen-bond acceptors (Lipinski definition) is 3. The fraction of sp³-hybridized carbons (Fsp3) is 0.611. The lowest BCUT2D eigenvalue weighted by molar-refractivity contribution is -0.136. The zero-order valence-corrected chi connectivity index (χ0v) is 13.7. The van der Waals surface area contributed by atoms with Gasteiger partial charge in [-0.25, -0.2) is 0 Å². The molecule has 3 rings (SSSR count). The first-order chi connectivity index (χ1) is 10.5. The van der Waals surface area contributed by atoms with Gasteiger partial charge in [0.1, 0.15) is 5.60 Å². The molecule has 0 N–H and O–H groups in total. The van der Waals surface area contributed by atoms with Gasteiger partial charge in [0.15, 0.2) is 18.1 Å². The largest absolute Gasteiger partial charge is 0.483 e. The molecule has 0 bridgehead atoms. The lowest BCUT2D eigenvalue weighted by Gasteiger charge is -2.33. The number of piperidine rings is 1. The van der Waals surface area contributed by atoms with E-state index in [-0.39, 0.29) is 18.1 Å². The van der Waals surface area contributed by atoms with Crippen molar-refractivity contribution in [2.75, 3.05) is 13.2 Å². The Morgan fingerprint density at radius 3 is 3.00 bits per heavy atom. The third-order valence-corrected chi connectivity index (χ3v) is 4.53. The number of para-hydroxylation sites is 1. The van der Waals surface area contributed by atoms with Crippen molar-refractivity contribution in [3.05, 3.63) is 23.8 Å². The van der Waals surface area contributed by atoms with E-state index in [0.29, 0.717) is 11.8 Å². The number of rotatable bonds is 3. The Bertz CT molecular complexity index is 567. The van der Waals surface area contributed by atoms with E-state index < -0.39 is 0 Å². The maximum absolute atomic E-state index is 12.4. The van der Waals surface area contributed by atoms with Gasteiger partial charge >= 0.3 is 0 Å². The molecule has 1 aromatic carbocycles. The third kappa shape index (κ3) is 3.06. The van der Waals surface area contributed by atoms with Crippen LogP contribution in [0, 0.1) is 0 Å². The van der Waals surface area contributed by atoms with Crippen molar-refractivity contribution < 1.29 is 14.3 Å². The van der Waals surface area contributed by atoms with Crippen LogP contribution in [0.2, 0.25) is 0 Å². The van der Waals surface area contributed by atoms with E-state index in [2.05, 4.69) is 26.8 Å². The number of ether oxygens (including phenoxy) is 2. The Morgan fingerprint density at radius 2 is 2.23 bits per heavy atom. The molecule has 2 heterocycles. The van der Waals surface area contributed by atoms with Crippen molar-refractivity contribution in [2.45, 2.75) is 58.1 Å². The van der Waals surface area contributed by atoms with Crippen LogP contribution in [0.1, 0.15) is 45.6 Å². The van der Waals surface area contributed by atoms with Gasteiger partial charge in [-0.1, -0.05) is 12.1 Å². The second-order valence-electron chi connectivity index (χ2n) is 7.00. The van der Waals surface area contributed by atoms with Crippen LogP contribution in [0.25, 0.3) is 0 Å². The Kier molecular flexibility index (Phi) is 4.02. The molecule has 0 unspecified atom stereocenters. The van der Waals surface area contributed by atoms with E-state index in [1.165, 1.54) is 6.42 Å². The third-order valence-electron chi connectivity index (χ3n) is 4.53. The van der Waals surface area contributed by atoms with Crippen LogP contribution in [0.4, 0.5) is 0 Å². The van der Waals surface area contributed by atoms with Crippen LogP contribution in [-0.4, -0.2) is 35.6 Å². The second kappa shape index (κ2) is 5.82. The van der Waals surface area contributed by atoms with Gasteiger partial charge in [-0.2, -0.15) is 0 Å². The van der Waals surface area contributed by atoms with Crippen LogP contribution >= 0.6 is 0 Å². The highest BCUT2D eigenvalue weighted by Gasteiger charge is 2.32. The van der Waals surface area contributed by atoms with Gasteiger partial charge in [0.2, 0.25) is 0 Å². The highest BCUT2D eigenvalue weighted by molar-refractivity contribution is 5.78. The van der Waals surface area contributed by atoms with Gasteiger partial charge in [0, 0.05) is 24.6 Å². The standard InChI is InChI=1S/C18H25NO3/c1-13-7-4-5-10-19(13)16(20)12-21-15-9-6-8-14-11-18(2,3)22-17(14)15/h6,8-9,13H,4-5,7,10-12H2,1-3H3/t13-/m1/s1. The van der Waals surface area contributed by atoms with Crippen LogP contribution in [0.15, 0.2) is 18.2 Å². The molecule has 2 aliphatic heterocycles. The van der Waals surface area contributed by atoms with E-state index in [1.807, 2.05) is 17.0 Å². The minimum absolute atomic E-state index is 0.0714. The van der Waals surface area contributed by atoms with Gasteiger partial charge in [-0.3, -0.25) is 4.79 Å². The van der Waals surface area contributed by atoms with Gasteiger partial charge in [-0.15, -0.1) is 0 Å². The molecule has 1 saturated heterocycles. The van der Waals surface area contributed by atoms with Gasteiger partial charge in [-0.05, 0) is 46.1 Å². The molecule has 1 aromatic rings. The number of hydrogen-bond donors (Lipinski definition) is 0. The number of amides is 1. The molecule has 120 valence electrons. The molecule has 2 aliphatic rings. The summed E-state index contributed by atoms with van der Waals surface area (Å²) in [6, 6.07) is 6.23. The summed E-state index contributed by atoms with van der Waals surface area (Å²) in [4.78, 5) is 14.3. The second-order valence-corrected chi connectivity index (χ2v) is 7.00. The van der Waals surface area contributed by atoms with Crippen molar-refractivity contribution >= 4 is 5.91 Å². The monoisotopic (exact) mass is 303 g/mol. The Balaban J connectivity index is 1.65.